The molecule has 6 nitrogen and oxygen atoms in total. The third-order valence-electron chi connectivity index (χ3n) is 4.53. The first-order valence-electron chi connectivity index (χ1n) is 8.41. The van der Waals surface area contributed by atoms with Crippen LogP contribution in [0.5, 0.6) is 0 Å². The van der Waals surface area contributed by atoms with E-state index < -0.39 is 0 Å². The second-order valence-electron chi connectivity index (χ2n) is 5.99. The van der Waals surface area contributed by atoms with Gasteiger partial charge in [-0.2, -0.15) is 0 Å². The number of nitrogens with zero attached hydrogens (tertiary/aromatic N) is 5. The van der Waals surface area contributed by atoms with Gasteiger partial charge in [-0.3, -0.25) is 0 Å². The quantitative estimate of drug-likeness (QED) is 0.693. The zero-order valence-corrected chi connectivity index (χ0v) is 13.5. The Balaban J connectivity index is 1.58. The molecule has 0 bridgehead atoms. The molecule has 0 atom stereocenters. The molecule has 0 unspecified atom stereocenters. The van der Waals surface area contributed by atoms with Gasteiger partial charge in [0.15, 0.2) is 11.8 Å². The molecule has 0 fully saturated rings. The minimum atomic E-state index is 0.577. The summed E-state index contributed by atoms with van der Waals surface area (Å²) in [5.41, 5.74) is 2.65. The summed E-state index contributed by atoms with van der Waals surface area (Å²) < 4.78 is 2.21. The summed E-state index contributed by atoms with van der Waals surface area (Å²) in [5.74, 6) is 3.01. The zero-order chi connectivity index (χ0) is 15.6. The molecule has 3 heterocycles. The molecule has 2 aliphatic heterocycles. The van der Waals surface area contributed by atoms with Crippen molar-refractivity contribution >= 4 is 11.6 Å². The Morgan fingerprint density at radius 1 is 1.22 bits per heavy atom. The Labute approximate surface area is 136 Å². The number of aryl methyl sites for hydroxylation is 1. The number of guanidine groups is 1. The summed E-state index contributed by atoms with van der Waals surface area (Å²) in [6.45, 7) is 5.54. The predicted molar refractivity (Wildman–Crippen MR) is 90.7 cm³/mol. The Bertz CT molecular complexity index is 732. The number of anilines is 1. The molecular weight excluding hydrogens is 288 g/mol. The number of hydrogen-bond acceptors (Lipinski definition) is 3. The van der Waals surface area contributed by atoms with Crippen molar-refractivity contribution in [2.45, 2.75) is 39.3 Å². The van der Waals surface area contributed by atoms with Crippen molar-refractivity contribution < 1.29 is 0 Å². The molecule has 23 heavy (non-hydrogen) atoms. The molecule has 2 aromatic rings. The van der Waals surface area contributed by atoms with E-state index in [0.717, 1.165) is 50.1 Å². The molecule has 0 saturated heterocycles. The molecule has 0 aliphatic carbocycles. The smallest absolute Gasteiger partial charge is 0.198 e. The van der Waals surface area contributed by atoms with Crippen molar-refractivity contribution in [3.8, 4) is 0 Å². The summed E-state index contributed by atoms with van der Waals surface area (Å²) >= 11 is 0. The van der Waals surface area contributed by atoms with Gasteiger partial charge in [0.2, 0.25) is 0 Å². The van der Waals surface area contributed by atoms with E-state index in [1.54, 1.807) is 0 Å². The first kappa shape index (κ1) is 14.2. The lowest BCUT2D eigenvalue weighted by Gasteiger charge is -2.22. The molecular formula is C17H22N6. The fourth-order valence-corrected chi connectivity index (χ4v) is 3.43. The van der Waals surface area contributed by atoms with Gasteiger partial charge < -0.3 is 14.8 Å². The molecule has 0 amide bonds. The highest BCUT2D eigenvalue weighted by Crippen LogP contribution is 2.27. The summed E-state index contributed by atoms with van der Waals surface area (Å²) in [4.78, 5) is 7.10. The summed E-state index contributed by atoms with van der Waals surface area (Å²) in [6, 6.07) is 8.56. The number of para-hydroxylation sites is 1. The van der Waals surface area contributed by atoms with Crippen LogP contribution in [0.1, 0.15) is 30.6 Å². The molecule has 0 spiro atoms. The largest absolute Gasteiger partial charge is 0.356 e. The first-order chi connectivity index (χ1) is 11.4. The van der Waals surface area contributed by atoms with Crippen LogP contribution >= 0.6 is 0 Å². The maximum absolute atomic E-state index is 4.82. The van der Waals surface area contributed by atoms with Crippen LogP contribution in [0.3, 0.4) is 0 Å². The van der Waals surface area contributed by atoms with Crippen LogP contribution < -0.4 is 10.2 Å². The topological polar surface area (TPSA) is 58.3 Å². The van der Waals surface area contributed by atoms with Crippen molar-refractivity contribution in [1.29, 1.82) is 0 Å². The average molecular weight is 310 g/mol. The second-order valence-corrected chi connectivity index (χ2v) is 5.99. The Morgan fingerprint density at radius 2 is 2.13 bits per heavy atom. The molecule has 1 aromatic carbocycles. The van der Waals surface area contributed by atoms with E-state index in [-0.39, 0.29) is 0 Å². The molecule has 6 heteroatoms. The molecule has 1 aromatic heterocycles. The number of aromatic nitrogens is 3. The number of benzene rings is 1. The van der Waals surface area contributed by atoms with E-state index in [0.29, 0.717) is 6.54 Å². The van der Waals surface area contributed by atoms with E-state index in [1.807, 2.05) is 0 Å². The van der Waals surface area contributed by atoms with E-state index in [4.69, 9.17) is 4.99 Å². The number of aliphatic imine (C=N–C) groups is 1. The number of hydrogen-bond donors (Lipinski definition) is 1. The van der Waals surface area contributed by atoms with E-state index >= 15 is 0 Å². The van der Waals surface area contributed by atoms with Gasteiger partial charge in [0, 0.05) is 31.7 Å². The summed E-state index contributed by atoms with van der Waals surface area (Å²) in [5, 5.41) is 12.0. The SMILES string of the molecule is CCNC(=NCc1nnc2n1CCC2)N1CCc2ccccc21. The third kappa shape index (κ3) is 2.58. The number of fused-ring (bicyclic) bond motifs is 2. The van der Waals surface area contributed by atoms with E-state index in [2.05, 4.69) is 56.2 Å². The van der Waals surface area contributed by atoms with Crippen LogP contribution in [0.25, 0.3) is 0 Å². The van der Waals surface area contributed by atoms with Crippen molar-refractivity contribution in [1.82, 2.24) is 20.1 Å². The molecule has 120 valence electrons. The lowest BCUT2D eigenvalue weighted by atomic mass is 10.2. The Morgan fingerprint density at radius 3 is 3.04 bits per heavy atom. The van der Waals surface area contributed by atoms with Crippen LogP contribution in [0.15, 0.2) is 29.3 Å². The lowest BCUT2D eigenvalue weighted by Crippen LogP contribution is -2.40. The monoisotopic (exact) mass is 310 g/mol. The van der Waals surface area contributed by atoms with E-state index in [1.165, 1.54) is 17.7 Å². The molecule has 0 saturated carbocycles. The predicted octanol–water partition coefficient (Wildman–Crippen LogP) is 1.75. The van der Waals surface area contributed by atoms with Gasteiger partial charge >= 0.3 is 0 Å². The maximum atomic E-state index is 4.82. The van der Waals surface area contributed by atoms with Gasteiger partial charge in [-0.15, -0.1) is 10.2 Å². The minimum absolute atomic E-state index is 0.577. The first-order valence-corrected chi connectivity index (χ1v) is 8.41. The van der Waals surface area contributed by atoms with Crippen LogP contribution in [0.2, 0.25) is 0 Å². The van der Waals surface area contributed by atoms with E-state index in [9.17, 15) is 0 Å². The molecule has 2 aliphatic rings. The molecule has 0 radical (unpaired) electrons. The Hall–Kier alpha value is -2.37. The van der Waals surface area contributed by atoms with Crippen molar-refractivity contribution in [3.63, 3.8) is 0 Å². The van der Waals surface area contributed by atoms with Gasteiger partial charge in [0.05, 0.1) is 0 Å². The standard InChI is InChI=1S/C17H22N6/c1-2-18-17(22-11-9-13-6-3-4-7-14(13)22)19-12-16-21-20-15-8-5-10-23(15)16/h3-4,6-7H,2,5,8-12H2,1H3,(H,18,19). The second kappa shape index (κ2) is 6.02. The number of nitrogens with one attached hydrogen (secondary N) is 1. The average Bonchev–Trinajstić information content (AvgIpc) is 3.27. The highest BCUT2D eigenvalue weighted by Gasteiger charge is 2.23. The fourth-order valence-electron chi connectivity index (χ4n) is 3.43. The highest BCUT2D eigenvalue weighted by atomic mass is 15.3. The van der Waals surface area contributed by atoms with Crippen LogP contribution in [-0.4, -0.2) is 33.8 Å². The normalized spacial score (nSPS) is 16.6. The minimum Gasteiger partial charge on any atom is -0.356 e. The van der Waals surface area contributed by atoms with Crippen LogP contribution in [0.4, 0.5) is 5.69 Å². The fraction of sp³-hybridized carbons (Fsp3) is 0.471. The van der Waals surface area contributed by atoms with Crippen LogP contribution in [0, 0.1) is 0 Å². The number of rotatable bonds is 3. The molecule has 1 N–H and O–H groups in total. The van der Waals surface area contributed by atoms with Gasteiger partial charge in [-0.25, -0.2) is 4.99 Å². The van der Waals surface area contributed by atoms with Gasteiger partial charge in [0.1, 0.15) is 12.4 Å². The lowest BCUT2D eigenvalue weighted by molar-refractivity contribution is 0.686. The van der Waals surface area contributed by atoms with Crippen LogP contribution in [-0.2, 0) is 25.9 Å². The summed E-state index contributed by atoms with van der Waals surface area (Å²) in [6.07, 6.45) is 3.28. The molecule has 4 rings (SSSR count). The van der Waals surface area contributed by atoms with Crippen molar-refractivity contribution in [3.05, 3.63) is 41.5 Å². The third-order valence-corrected chi connectivity index (χ3v) is 4.53. The Kier molecular flexibility index (Phi) is 3.73. The van der Waals surface area contributed by atoms with Crippen molar-refractivity contribution in [2.75, 3.05) is 18.0 Å². The zero-order valence-electron chi connectivity index (χ0n) is 13.5. The highest BCUT2D eigenvalue weighted by molar-refractivity contribution is 5.97. The van der Waals surface area contributed by atoms with Crippen molar-refractivity contribution in [2.24, 2.45) is 4.99 Å². The van der Waals surface area contributed by atoms with Gasteiger partial charge in [-0.1, -0.05) is 18.2 Å². The van der Waals surface area contributed by atoms with Gasteiger partial charge in [-0.05, 0) is 31.4 Å². The van der Waals surface area contributed by atoms with Gasteiger partial charge in [0.25, 0.3) is 0 Å². The summed E-state index contributed by atoms with van der Waals surface area (Å²) in [7, 11) is 0. The maximum Gasteiger partial charge on any atom is 0.198 e.